The summed E-state index contributed by atoms with van der Waals surface area (Å²) in [4.78, 5) is 6.66. The maximum Gasteiger partial charge on any atom is 0.119 e. The van der Waals surface area contributed by atoms with Crippen LogP contribution in [0.5, 0.6) is 5.75 Å². The first-order valence-electron chi connectivity index (χ1n) is 9.26. The Morgan fingerprint density at radius 1 is 1.31 bits per heavy atom. The molecule has 26 heavy (non-hydrogen) atoms. The van der Waals surface area contributed by atoms with E-state index in [4.69, 9.17) is 4.74 Å². The maximum atomic E-state index is 11.2. The Bertz CT molecular complexity index is 783. The minimum Gasteiger partial charge on any atom is -0.497 e. The fraction of sp³-hybridized carbons (Fsp3) is 0.550. The summed E-state index contributed by atoms with van der Waals surface area (Å²) in [5.41, 5.74) is 1.71. The van der Waals surface area contributed by atoms with E-state index in [1.165, 1.54) is 0 Å². The largest absolute Gasteiger partial charge is 0.497 e. The zero-order chi connectivity index (χ0) is 18.3. The number of nitrogens with zero attached hydrogens (tertiary/aromatic N) is 2. The summed E-state index contributed by atoms with van der Waals surface area (Å²) in [6.07, 6.45) is 2.28. The zero-order valence-corrected chi connectivity index (χ0v) is 15.0. The van der Waals surface area contributed by atoms with Gasteiger partial charge in [-0.1, -0.05) is 0 Å². The van der Waals surface area contributed by atoms with Crippen LogP contribution in [0, 0.1) is 11.8 Å². The number of methoxy groups -OCH3 is 1. The summed E-state index contributed by atoms with van der Waals surface area (Å²) in [5, 5.41) is 31.5. The first-order valence-corrected chi connectivity index (χ1v) is 9.26. The Balaban J connectivity index is 1.63. The van der Waals surface area contributed by atoms with E-state index in [0.29, 0.717) is 5.92 Å². The third kappa shape index (κ3) is 2.97. The van der Waals surface area contributed by atoms with Crippen LogP contribution in [-0.4, -0.2) is 64.2 Å². The number of aromatic nitrogens is 1. The van der Waals surface area contributed by atoms with Gasteiger partial charge >= 0.3 is 0 Å². The number of piperidine rings is 3. The Morgan fingerprint density at radius 2 is 2.15 bits per heavy atom. The molecule has 4 heterocycles. The molecule has 0 aliphatic carbocycles. The van der Waals surface area contributed by atoms with Gasteiger partial charge in [-0.25, -0.2) is 0 Å². The fourth-order valence-electron chi connectivity index (χ4n) is 4.75. The lowest BCUT2D eigenvalue weighted by molar-refractivity contribution is -0.0970. The predicted octanol–water partition coefficient (Wildman–Crippen LogP) is 1.34. The predicted molar refractivity (Wildman–Crippen MR) is 97.9 cm³/mol. The van der Waals surface area contributed by atoms with Crippen molar-refractivity contribution in [1.82, 2.24) is 9.88 Å². The third-order valence-electron chi connectivity index (χ3n) is 6.20. The molecule has 3 fully saturated rings. The second-order valence-corrected chi connectivity index (χ2v) is 7.49. The molecule has 1 aromatic carbocycles. The van der Waals surface area contributed by atoms with Crippen molar-refractivity contribution in [3.05, 3.63) is 36.0 Å². The van der Waals surface area contributed by atoms with Crippen LogP contribution in [0.4, 0.5) is 0 Å². The molecule has 6 nitrogen and oxygen atoms in total. The summed E-state index contributed by atoms with van der Waals surface area (Å²) >= 11 is 0. The van der Waals surface area contributed by atoms with Gasteiger partial charge in [-0.3, -0.25) is 9.88 Å². The summed E-state index contributed by atoms with van der Waals surface area (Å²) in [6.45, 7) is 1.45. The van der Waals surface area contributed by atoms with Crippen LogP contribution in [0.15, 0.2) is 30.5 Å². The molecule has 0 saturated carbocycles. The number of benzene rings is 1. The van der Waals surface area contributed by atoms with Gasteiger partial charge in [-0.05, 0) is 55.1 Å². The van der Waals surface area contributed by atoms with Crippen molar-refractivity contribution in [2.24, 2.45) is 11.8 Å². The van der Waals surface area contributed by atoms with E-state index in [0.717, 1.165) is 48.1 Å². The SMILES string of the molecule is COc1ccc2nccc([C@@H](O)[C@@H]3C[C@@H]4CCN3C[C@@H]4C(O)CO)c2c1. The molecule has 6 atom stereocenters. The fourth-order valence-corrected chi connectivity index (χ4v) is 4.75. The number of ether oxygens (including phenoxy) is 1. The Kier molecular flexibility index (Phi) is 4.84. The van der Waals surface area contributed by atoms with Gasteiger partial charge in [0.1, 0.15) is 5.75 Å². The summed E-state index contributed by atoms with van der Waals surface area (Å²) in [5.74, 6) is 1.17. The first kappa shape index (κ1) is 17.7. The molecule has 140 valence electrons. The number of aliphatic hydroxyl groups excluding tert-OH is 3. The molecule has 2 bridgehead atoms. The number of pyridine rings is 1. The molecule has 2 aromatic rings. The molecule has 3 aliphatic rings. The second kappa shape index (κ2) is 7.12. The van der Waals surface area contributed by atoms with Crippen molar-refractivity contribution in [1.29, 1.82) is 0 Å². The molecule has 3 aliphatic heterocycles. The molecule has 3 N–H and O–H groups in total. The number of fused-ring (bicyclic) bond motifs is 4. The average molecular weight is 358 g/mol. The lowest BCUT2D eigenvalue weighted by atomic mass is 9.71. The maximum absolute atomic E-state index is 11.2. The number of aliphatic hydroxyl groups is 3. The van der Waals surface area contributed by atoms with E-state index in [-0.39, 0.29) is 18.6 Å². The van der Waals surface area contributed by atoms with Gasteiger partial charge in [0, 0.05) is 30.1 Å². The Labute approximate surface area is 153 Å². The molecular formula is C20H26N2O4. The minimum atomic E-state index is -0.674. The lowest BCUT2D eigenvalue weighted by Gasteiger charge is -2.52. The smallest absolute Gasteiger partial charge is 0.119 e. The van der Waals surface area contributed by atoms with E-state index in [1.807, 2.05) is 24.3 Å². The summed E-state index contributed by atoms with van der Waals surface area (Å²) in [7, 11) is 1.63. The van der Waals surface area contributed by atoms with E-state index in [1.54, 1.807) is 13.3 Å². The molecular weight excluding hydrogens is 332 g/mol. The summed E-state index contributed by atoms with van der Waals surface area (Å²) < 4.78 is 5.33. The molecule has 3 saturated heterocycles. The lowest BCUT2D eigenvalue weighted by Crippen LogP contribution is -2.58. The highest BCUT2D eigenvalue weighted by molar-refractivity contribution is 5.83. The normalized spacial score (nSPS) is 30.3. The molecule has 0 amide bonds. The van der Waals surface area contributed by atoms with Gasteiger partial charge in [0.15, 0.2) is 0 Å². The Hall–Kier alpha value is -1.73. The van der Waals surface area contributed by atoms with E-state index >= 15 is 0 Å². The van der Waals surface area contributed by atoms with Crippen molar-refractivity contribution in [3.8, 4) is 5.75 Å². The number of hydrogen-bond donors (Lipinski definition) is 3. The van der Waals surface area contributed by atoms with Crippen LogP contribution in [0.1, 0.15) is 24.5 Å². The molecule has 2 unspecified atom stereocenters. The molecule has 0 spiro atoms. The topological polar surface area (TPSA) is 86.1 Å². The highest BCUT2D eigenvalue weighted by Crippen LogP contribution is 2.42. The number of rotatable bonds is 5. The van der Waals surface area contributed by atoms with Crippen LogP contribution < -0.4 is 4.74 Å². The van der Waals surface area contributed by atoms with Crippen LogP contribution in [0.2, 0.25) is 0 Å². The van der Waals surface area contributed by atoms with E-state index < -0.39 is 12.2 Å². The number of hydrogen-bond acceptors (Lipinski definition) is 6. The average Bonchev–Trinajstić information content (AvgIpc) is 2.71. The van der Waals surface area contributed by atoms with Gasteiger partial charge in [-0.15, -0.1) is 0 Å². The second-order valence-electron chi connectivity index (χ2n) is 7.49. The van der Waals surface area contributed by atoms with E-state index in [2.05, 4.69) is 9.88 Å². The van der Waals surface area contributed by atoms with Crippen LogP contribution in [-0.2, 0) is 0 Å². The Morgan fingerprint density at radius 3 is 2.85 bits per heavy atom. The molecule has 1 aromatic heterocycles. The van der Waals surface area contributed by atoms with Gasteiger partial charge in [0.05, 0.1) is 31.4 Å². The highest BCUT2D eigenvalue weighted by Gasteiger charge is 2.45. The van der Waals surface area contributed by atoms with Crippen molar-refractivity contribution in [2.75, 3.05) is 26.8 Å². The van der Waals surface area contributed by atoms with Crippen molar-refractivity contribution >= 4 is 10.9 Å². The van der Waals surface area contributed by atoms with Crippen LogP contribution in [0.25, 0.3) is 10.9 Å². The van der Waals surface area contributed by atoms with Gasteiger partial charge in [0.25, 0.3) is 0 Å². The minimum absolute atomic E-state index is 0.0210. The first-order chi connectivity index (χ1) is 12.6. The van der Waals surface area contributed by atoms with Crippen molar-refractivity contribution < 1.29 is 20.1 Å². The van der Waals surface area contributed by atoms with Gasteiger partial charge in [-0.2, -0.15) is 0 Å². The standard InChI is InChI=1S/C20H26N2O4/c1-26-13-2-3-17-15(9-13)14(4-6-21-17)20(25)18-8-12-5-7-22(18)10-16(12)19(24)11-23/h2-4,6,9,12,16,18-20,23-25H,5,7-8,10-11H2,1H3/t12-,16-,18-,19?,20+/m0/s1. The van der Waals surface area contributed by atoms with Crippen LogP contribution in [0.3, 0.4) is 0 Å². The molecule has 0 radical (unpaired) electrons. The van der Waals surface area contributed by atoms with Crippen molar-refractivity contribution in [3.63, 3.8) is 0 Å². The van der Waals surface area contributed by atoms with E-state index in [9.17, 15) is 15.3 Å². The van der Waals surface area contributed by atoms with Crippen LogP contribution >= 0.6 is 0 Å². The van der Waals surface area contributed by atoms with Gasteiger partial charge < -0.3 is 20.1 Å². The third-order valence-corrected chi connectivity index (χ3v) is 6.20. The molecule has 5 rings (SSSR count). The van der Waals surface area contributed by atoms with Crippen molar-refractivity contribution in [2.45, 2.75) is 31.1 Å². The zero-order valence-electron chi connectivity index (χ0n) is 15.0. The highest BCUT2D eigenvalue weighted by atomic mass is 16.5. The molecule has 6 heteroatoms. The quantitative estimate of drug-likeness (QED) is 0.748. The summed E-state index contributed by atoms with van der Waals surface area (Å²) in [6, 6.07) is 7.61. The monoisotopic (exact) mass is 358 g/mol. The van der Waals surface area contributed by atoms with Gasteiger partial charge in [0.2, 0.25) is 0 Å².